The molecule has 0 fully saturated rings. The van der Waals surface area contributed by atoms with Crippen molar-refractivity contribution in [1.82, 2.24) is 9.78 Å². The van der Waals surface area contributed by atoms with Crippen LogP contribution in [0.5, 0.6) is 0 Å². The van der Waals surface area contributed by atoms with Crippen molar-refractivity contribution in [1.29, 1.82) is 0 Å². The number of rotatable bonds is 4. The third kappa shape index (κ3) is 3.09. The molecule has 0 unspecified atom stereocenters. The van der Waals surface area contributed by atoms with Gasteiger partial charge in [-0.25, -0.2) is 0 Å². The lowest BCUT2D eigenvalue weighted by atomic mass is 10.2. The van der Waals surface area contributed by atoms with Crippen LogP contribution in [0.15, 0.2) is 30.3 Å². The third-order valence-electron chi connectivity index (χ3n) is 2.77. The van der Waals surface area contributed by atoms with Crippen LogP contribution in [-0.4, -0.2) is 16.3 Å². The lowest BCUT2D eigenvalue weighted by Gasteiger charge is -2.08. The summed E-state index contributed by atoms with van der Waals surface area (Å²) >= 11 is 0. The van der Waals surface area contributed by atoms with E-state index >= 15 is 0 Å². The highest BCUT2D eigenvalue weighted by Gasteiger charge is 1.99. The Kier molecular flexibility index (Phi) is 3.47. The summed E-state index contributed by atoms with van der Waals surface area (Å²) in [5.74, 6) is 0. The minimum atomic E-state index is 0.894. The van der Waals surface area contributed by atoms with Gasteiger partial charge < -0.3 is 5.32 Å². The van der Waals surface area contributed by atoms with Gasteiger partial charge in [0.2, 0.25) is 0 Å². The van der Waals surface area contributed by atoms with Crippen LogP contribution in [0, 0.1) is 20.8 Å². The highest BCUT2D eigenvalue weighted by molar-refractivity contribution is 5.45. The quantitative estimate of drug-likeness (QED) is 0.873. The summed E-state index contributed by atoms with van der Waals surface area (Å²) < 4.78 is 2.04. The molecule has 0 bridgehead atoms. The lowest BCUT2D eigenvalue weighted by molar-refractivity contribution is 0.615. The fourth-order valence-corrected chi connectivity index (χ4v) is 1.96. The van der Waals surface area contributed by atoms with E-state index in [4.69, 9.17) is 0 Å². The second-order valence-electron chi connectivity index (χ2n) is 4.45. The summed E-state index contributed by atoms with van der Waals surface area (Å²) in [6.45, 7) is 8.01. The van der Waals surface area contributed by atoms with Crippen LogP contribution in [0.1, 0.15) is 17.0 Å². The third-order valence-corrected chi connectivity index (χ3v) is 2.77. The zero-order valence-corrected chi connectivity index (χ0v) is 10.7. The van der Waals surface area contributed by atoms with E-state index in [9.17, 15) is 0 Å². The van der Waals surface area contributed by atoms with Crippen molar-refractivity contribution in [3.8, 4) is 0 Å². The van der Waals surface area contributed by atoms with Crippen molar-refractivity contribution >= 4 is 5.69 Å². The Hall–Kier alpha value is -1.77. The molecule has 0 aliphatic rings. The normalized spacial score (nSPS) is 10.5. The van der Waals surface area contributed by atoms with E-state index in [1.807, 2.05) is 11.6 Å². The second kappa shape index (κ2) is 5.04. The topological polar surface area (TPSA) is 29.9 Å². The van der Waals surface area contributed by atoms with Crippen LogP contribution in [0.3, 0.4) is 0 Å². The smallest absolute Gasteiger partial charge is 0.0596 e. The molecular formula is C14H19N3. The van der Waals surface area contributed by atoms with Crippen molar-refractivity contribution < 1.29 is 0 Å². The monoisotopic (exact) mass is 229 g/mol. The van der Waals surface area contributed by atoms with Gasteiger partial charge in [0.15, 0.2) is 0 Å². The fourth-order valence-electron chi connectivity index (χ4n) is 1.96. The average molecular weight is 229 g/mol. The van der Waals surface area contributed by atoms with Crippen LogP contribution in [0.4, 0.5) is 5.69 Å². The highest BCUT2D eigenvalue weighted by atomic mass is 15.3. The molecule has 1 N–H and O–H groups in total. The Labute approximate surface area is 102 Å². The Morgan fingerprint density at radius 3 is 2.65 bits per heavy atom. The standard InChI is InChI=1S/C14H19N3/c1-11-5-4-6-14(9-11)15-7-8-17-13(3)10-12(2)16-17/h4-6,9-10,15H,7-8H2,1-3H3. The maximum Gasteiger partial charge on any atom is 0.0596 e. The molecule has 2 rings (SSSR count). The largest absolute Gasteiger partial charge is 0.383 e. The summed E-state index contributed by atoms with van der Waals surface area (Å²) in [5.41, 5.74) is 4.75. The average Bonchev–Trinajstić information content (AvgIpc) is 2.58. The fraction of sp³-hybridized carbons (Fsp3) is 0.357. The molecule has 0 spiro atoms. The van der Waals surface area contributed by atoms with Gasteiger partial charge in [-0.2, -0.15) is 5.10 Å². The van der Waals surface area contributed by atoms with Crippen LogP contribution in [0.2, 0.25) is 0 Å². The number of hydrogen-bond acceptors (Lipinski definition) is 2. The Bertz CT molecular complexity index is 500. The number of nitrogens with zero attached hydrogens (tertiary/aromatic N) is 2. The van der Waals surface area contributed by atoms with Crippen LogP contribution < -0.4 is 5.32 Å². The number of aryl methyl sites for hydroxylation is 3. The number of anilines is 1. The number of aromatic nitrogens is 2. The predicted octanol–water partition coefficient (Wildman–Crippen LogP) is 2.92. The summed E-state index contributed by atoms with van der Waals surface area (Å²) in [6.07, 6.45) is 0. The molecule has 0 aliphatic carbocycles. The van der Waals surface area contributed by atoms with E-state index < -0.39 is 0 Å². The lowest BCUT2D eigenvalue weighted by Crippen LogP contribution is -2.12. The first-order chi connectivity index (χ1) is 8.15. The van der Waals surface area contributed by atoms with Gasteiger partial charge in [0.25, 0.3) is 0 Å². The summed E-state index contributed by atoms with van der Waals surface area (Å²) in [6, 6.07) is 10.5. The molecule has 0 saturated heterocycles. The van der Waals surface area contributed by atoms with Gasteiger partial charge in [0, 0.05) is 17.9 Å². The zero-order valence-electron chi connectivity index (χ0n) is 10.7. The maximum absolute atomic E-state index is 4.44. The molecule has 1 aromatic heterocycles. The van der Waals surface area contributed by atoms with Gasteiger partial charge in [-0.1, -0.05) is 12.1 Å². The number of benzene rings is 1. The molecule has 0 aliphatic heterocycles. The molecule has 3 heteroatoms. The minimum absolute atomic E-state index is 0.894. The summed E-state index contributed by atoms with van der Waals surface area (Å²) in [4.78, 5) is 0. The van der Waals surface area contributed by atoms with Gasteiger partial charge in [-0.05, 0) is 44.5 Å². The molecule has 90 valence electrons. The minimum Gasteiger partial charge on any atom is -0.383 e. The van der Waals surface area contributed by atoms with Gasteiger partial charge in [-0.3, -0.25) is 4.68 Å². The molecule has 0 saturated carbocycles. The molecule has 1 aromatic carbocycles. The number of nitrogens with one attached hydrogen (secondary N) is 1. The van der Waals surface area contributed by atoms with Crippen molar-refractivity contribution in [2.24, 2.45) is 0 Å². The van der Waals surface area contributed by atoms with Crippen molar-refractivity contribution in [2.75, 3.05) is 11.9 Å². The first-order valence-corrected chi connectivity index (χ1v) is 5.97. The molecule has 1 heterocycles. The number of hydrogen-bond donors (Lipinski definition) is 1. The molecule has 0 amide bonds. The van der Waals surface area contributed by atoms with E-state index in [2.05, 4.69) is 54.6 Å². The molecule has 0 atom stereocenters. The Balaban J connectivity index is 1.89. The van der Waals surface area contributed by atoms with Gasteiger partial charge >= 0.3 is 0 Å². The maximum atomic E-state index is 4.44. The van der Waals surface area contributed by atoms with E-state index in [1.165, 1.54) is 16.9 Å². The van der Waals surface area contributed by atoms with Crippen LogP contribution >= 0.6 is 0 Å². The first kappa shape index (κ1) is 11.7. The van der Waals surface area contributed by atoms with Gasteiger partial charge in [0.05, 0.1) is 12.2 Å². The Morgan fingerprint density at radius 2 is 2.00 bits per heavy atom. The highest BCUT2D eigenvalue weighted by Crippen LogP contribution is 2.09. The molecule has 17 heavy (non-hydrogen) atoms. The van der Waals surface area contributed by atoms with Crippen LogP contribution in [0.25, 0.3) is 0 Å². The van der Waals surface area contributed by atoms with E-state index in [1.54, 1.807) is 0 Å². The van der Waals surface area contributed by atoms with Gasteiger partial charge in [-0.15, -0.1) is 0 Å². The summed E-state index contributed by atoms with van der Waals surface area (Å²) in [7, 11) is 0. The summed E-state index contributed by atoms with van der Waals surface area (Å²) in [5, 5.41) is 7.85. The first-order valence-electron chi connectivity index (χ1n) is 5.97. The molecule has 3 nitrogen and oxygen atoms in total. The van der Waals surface area contributed by atoms with Crippen molar-refractivity contribution in [3.63, 3.8) is 0 Å². The molecule has 2 aromatic rings. The van der Waals surface area contributed by atoms with E-state index in [-0.39, 0.29) is 0 Å². The second-order valence-corrected chi connectivity index (χ2v) is 4.45. The van der Waals surface area contributed by atoms with Crippen molar-refractivity contribution in [2.45, 2.75) is 27.3 Å². The van der Waals surface area contributed by atoms with Gasteiger partial charge in [0.1, 0.15) is 0 Å². The van der Waals surface area contributed by atoms with E-state index in [0.717, 1.165) is 18.8 Å². The molecule has 0 radical (unpaired) electrons. The van der Waals surface area contributed by atoms with Crippen molar-refractivity contribution in [3.05, 3.63) is 47.3 Å². The zero-order chi connectivity index (χ0) is 12.3. The van der Waals surface area contributed by atoms with Crippen LogP contribution in [-0.2, 0) is 6.54 Å². The predicted molar refractivity (Wildman–Crippen MR) is 71.4 cm³/mol. The van der Waals surface area contributed by atoms with E-state index in [0.29, 0.717) is 0 Å². The molecular weight excluding hydrogens is 210 g/mol. The SMILES string of the molecule is Cc1cccc(NCCn2nc(C)cc2C)c1. The Morgan fingerprint density at radius 1 is 1.18 bits per heavy atom.